The number of hydrogen-bond acceptors (Lipinski definition) is 3. The van der Waals surface area contributed by atoms with E-state index in [2.05, 4.69) is 4.98 Å². The first kappa shape index (κ1) is 15.5. The van der Waals surface area contributed by atoms with E-state index in [4.69, 9.17) is 11.6 Å². The molecule has 1 aliphatic rings. The van der Waals surface area contributed by atoms with Gasteiger partial charge in [0.15, 0.2) is 0 Å². The minimum absolute atomic E-state index is 0.0676. The molecule has 0 N–H and O–H groups in total. The summed E-state index contributed by atoms with van der Waals surface area (Å²) in [5, 5.41) is 1.47. The summed E-state index contributed by atoms with van der Waals surface area (Å²) in [5.74, 6) is -0.576. The molecule has 0 spiro atoms. The summed E-state index contributed by atoms with van der Waals surface area (Å²) in [7, 11) is 0. The van der Waals surface area contributed by atoms with Crippen molar-refractivity contribution in [3.8, 4) is 0 Å². The lowest BCUT2D eigenvalue weighted by atomic mass is 10.1. The van der Waals surface area contributed by atoms with Gasteiger partial charge in [0.25, 0.3) is 5.91 Å². The molecule has 25 heavy (non-hydrogen) atoms. The number of benzene rings is 2. The van der Waals surface area contributed by atoms with E-state index in [9.17, 15) is 9.59 Å². The van der Waals surface area contributed by atoms with Crippen LogP contribution in [0.15, 0.2) is 66.4 Å². The molecule has 2 heterocycles. The van der Waals surface area contributed by atoms with Gasteiger partial charge in [0.05, 0.1) is 17.6 Å². The van der Waals surface area contributed by atoms with Crippen molar-refractivity contribution < 1.29 is 9.59 Å². The molecule has 1 aromatic heterocycles. The summed E-state index contributed by atoms with van der Waals surface area (Å²) in [6.07, 6.45) is 3.50. The Hall–Kier alpha value is -2.98. The molecule has 2 amide bonds. The number of anilines is 1. The SMILES string of the molecule is O=C1C/C(=C\c2cnc3ccccc3c2)C(=O)N1c1cccc(Cl)c1. The lowest BCUT2D eigenvalue weighted by Gasteiger charge is -2.13. The second-order valence-electron chi connectivity index (χ2n) is 5.82. The molecular weight excluding hydrogens is 336 g/mol. The molecule has 4 nitrogen and oxygen atoms in total. The van der Waals surface area contributed by atoms with Gasteiger partial charge >= 0.3 is 0 Å². The molecule has 1 fully saturated rings. The molecule has 1 saturated heterocycles. The van der Waals surface area contributed by atoms with Gasteiger partial charge in [-0.25, -0.2) is 4.90 Å². The number of rotatable bonds is 2. The molecule has 0 radical (unpaired) electrons. The molecule has 1 aliphatic heterocycles. The highest BCUT2D eigenvalue weighted by molar-refractivity contribution is 6.32. The second kappa shape index (κ2) is 6.15. The van der Waals surface area contributed by atoms with Crippen LogP contribution >= 0.6 is 11.6 Å². The van der Waals surface area contributed by atoms with E-state index in [0.29, 0.717) is 16.3 Å². The summed E-state index contributed by atoms with van der Waals surface area (Å²) < 4.78 is 0. The van der Waals surface area contributed by atoms with Gasteiger partial charge in [0.2, 0.25) is 5.91 Å². The van der Waals surface area contributed by atoms with Crippen LogP contribution in [0.25, 0.3) is 17.0 Å². The maximum absolute atomic E-state index is 12.7. The van der Waals surface area contributed by atoms with Crippen LogP contribution in [0.3, 0.4) is 0 Å². The number of hydrogen-bond donors (Lipinski definition) is 0. The number of amides is 2. The van der Waals surface area contributed by atoms with E-state index in [1.807, 2.05) is 30.3 Å². The molecular formula is C20H13ClN2O2. The highest BCUT2D eigenvalue weighted by Gasteiger charge is 2.34. The van der Waals surface area contributed by atoms with Crippen LogP contribution in [0.1, 0.15) is 12.0 Å². The number of halogens is 1. The zero-order valence-electron chi connectivity index (χ0n) is 13.1. The van der Waals surface area contributed by atoms with Crippen molar-refractivity contribution in [2.45, 2.75) is 6.42 Å². The van der Waals surface area contributed by atoms with Crippen LogP contribution < -0.4 is 4.90 Å². The Morgan fingerprint density at radius 3 is 2.72 bits per heavy atom. The Bertz CT molecular complexity index is 1040. The van der Waals surface area contributed by atoms with E-state index in [-0.39, 0.29) is 18.2 Å². The van der Waals surface area contributed by atoms with Gasteiger partial charge in [-0.2, -0.15) is 0 Å². The fraction of sp³-hybridized carbons (Fsp3) is 0.0500. The number of carbonyl (C=O) groups excluding carboxylic acids is 2. The first-order valence-corrected chi connectivity index (χ1v) is 8.18. The third kappa shape index (κ3) is 2.92. The zero-order chi connectivity index (χ0) is 17.4. The maximum Gasteiger partial charge on any atom is 0.261 e. The third-order valence-corrected chi connectivity index (χ3v) is 4.32. The second-order valence-corrected chi connectivity index (χ2v) is 6.26. The van der Waals surface area contributed by atoms with Crippen molar-refractivity contribution in [1.82, 2.24) is 4.98 Å². The fourth-order valence-electron chi connectivity index (χ4n) is 2.93. The zero-order valence-corrected chi connectivity index (χ0v) is 13.9. The van der Waals surface area contributed by atoms with Crippen molar-refractivity contribution in [2.24, 2.45) is 0 Å². The number of fused-ring (bicyclic) bond motifs is 1. The van der Waals surface area contributed by atoms with Gasteiger partial charge in [-0.1, -0.05) is 35.9 Å². The number of para-hydroxylation sites is 1. The molecule has 3 aromatic rings. The first-order chi connectivity index (χ1) is 12.1. The molecule has 5 heteroatoms. The van der Waals surface area contributed by atoms with Crippen molar-refractivity contribution in [3.05, 3.63) is 77.0 Å². The van der Waals surface area contributed by atoms with Crippen LogP contribution in [-0.2, 0) is 9.59 Å². The summed E-state index contributed by atoms with van der Waals surface area (Å²) >= 11 is 5.97. The molecule has 2 aromatic carbocycles. The summed E-state index contributed by atoms with van der Waals surface area (Å²) in [6, 6.07) is 16.4. The van der Waals surface area contributed by atoms with Gasteiger partial charge in [-0.15, -0.1) is 0 Å². The Morgan fingerprint density at radius 1 is 1.04 bits per heavy atom. The molecule has 0 bridgehead atoms. The quantitative estimate of drug-likeness (QED) is 0.514. The Labute approximate surface area is 149 Å². The van der Waals surface area contributed by atoms with Crippen LogP contribution in [-0.4, -0.2) is 16.8 Å². The average Bonchev–Trinajstić information content (AvgIpc) is 2.88. The van der Waals surface area contributed by atoms with Gasteiger partial charge in [0.1, 0.15) is 0 Å². The minimum Gasteiger partial charge on any atom is -0.274 e. The molecule has 0 unspecified atom stereocenters. The number of aromatic nitrogens is 1. The molecule has 0 saturated carbocycles. The Balaban J connectivity index is 1.69. The molecule has 0 aliphatic carbocycles. The van der Waals surface area contributed by atoms with Gasteiger partial charge in [-0.05, 0) is 42.0 Å². The van der Waals surface area contributed by atoms with E-state index in [1.54, 1.807) is 36.5 Å². The Kier molecular flexibility index (Phi) is 3.82. The lowest BCUT2D eigenvalue weighted by molar-refractivity contribution is -0.120. The standard InChI is InChI=1S/C20H13ClN2O2/c21-16-5-3-6-17(11-16)23-19(24)10-15(20(23)25)9-13-8-14-4-1-2-7-18(14)22-12-13/h1-9,11-12H,10H2/b15-9+. The minimum atomic E-state index is -0.319. The van der Waals surface area contributed by atoms with Gasteiger partial charge < -0.3 is 0 Å². The fourth-order valence-corrected chi connectivity index (χ4v) is 3.12. The van der Waals surface area contributed by atoms with E-state index in [1.165, 1.54) is 4.90 Å². The number of carbonyl (C=O) groups is 2. The number of pyridine rings is 1. The predicted molar refractivity (Wildman–Crippen MR) is 98.3 cm³/mol. The van der Waals surface area contributed by atoms with Crippen molar-refractivity contribution in [1.29, 1.82) is 0 Å². The average molecular weight is 349 g/mol. The smallest absolute Gasteiger partial charge is 0.261 e. The van der Waals surface area contributed by atoms with Crippen molar-refractivity contribution in [3.63, 3.8) is 0 Å². The molecule has 0 atom stereocenters. The van der Waals surface area contributed by atoms with Crippen molar-refractivity contribution in [2.75, 3.05) is 4.90 Å². The largest absolute Gasteiger partial charge is 0.274 e. The van der Waals surface area contributed by atoms with E-state index in [0.717, 1.165) is 16.5 Å². The number of imide groups is 1. The molecule has 122 valence electrons. The summed E-state index contributed by atoms with van der Waals surface area (Å²) in [5.41, 5.74) is 2.62. The van der Waals surface area contributed by atoms with Crippen LogP contribution in [0.4, 0.5) is 5.69 Å². The molecule has 4 rings (SSSR count). The van der Waals surface area contributed by atoms with E-state index < -0.39 is 0 Å². The van der Waals surface area contributed by atoms with Gasteiger partial charge in [-0.3, -0.25) is 14.6 Å². The van der Waals surface area contributed by atoms with Crippen LogP contribution in [0.5, 0.6) is 0 Å². The summed E-state index contributed by atoms with van der Waals surface area (Å²) in [4.78, 5) is 30.5. The Morgan fingerprint density at radius 2 is 1.88 bits per heavy atom. The normalized spacial score (nSPS) is 16.2. The topological polar surface area (TPSA) is 50.3 Å². The van der Waals surface area contributed by atoms with E-state index >= 15 is 0 Å². The maximum atomic E-state index is 12.7. The first-order valence-electron chi connectivity index (χ1n) is 7.80. The highest BCUT2D eigenvalue weighted by Crippen LogP contribution is 2.29. The lowest BCUT2D eigenvalue weighted by Crippen LogP contribution is -2.28. The van der Waals surface area contributed by atoms with Crippen LogP contribution in [0, 0.1) is 0 Å². The highest BCUT2D eigenvalue weighted by atomic mass is 35.5. The monoisotopic (exact) mass is 348 g/mol. The van der Waals surface area contributed by atoms with Crippen LogP contribution in [0.2, 0.25) is 5.02 Å². The van der Waals surface area contributed by atoms with Crippen molar-refractivity contribution >= 4 is 46.1 Å². The third-order valence-electron chi connectivity index (χ3n) is 4.09. The van der Waals surface area contributed by atoms with Gasteiger partial charge in [0, 0.05) is 22.2 Å². The summed E-state index contributed by atoms with van der Waals surface area (Å²) in [6.45, 7) is 0. The predicted octanol–water partition coefficient (Wildman–Crippen LogP) is 4.24. The number of nitrogens with zero attached hydrogens (tertiary/aromatic N) is 2.